The van der Waals surface area contributed by atoms with E-state index in [1.54, 1.807) is 12.4 Å². The molecular formula is C19H19Cl2N5O3. The van der Waals surface area contributed by atoms with Crippen molar-refractivity contribution in [2.24, 2.45) is 17.3 Å². The fourth-order valence-corrected chi connectivity index (χ4v) is 6.52. The third-order valence-electron chi connectivity index (χ3n) is 6.86. The summed E-state index contributed by atoms with van der Waals surface area (Å²) in [6.07, 6.45) is 7.09. The minimum atomic E-state index is -0.549. The van der Waals surface area contributed by atoms with E-state index in [1.165, 1.54) is 12.1 Å². The maximum absolute atomic E-state index is 13.4. The Morgan fingerprint density at radius 1 is 1.24 bits per heavy atom. The Kier molecular flexibility index (Phi) is 4.15. The first-order valence-electron chi connectivity index (χ1n) is 9.62. The first-order chi connectivity index (χ1) is 13.8. The fraction of sp³-hybridized carbons (Fsp3) is 0.526. The van der Waals surface area contributed by atoms with Gasteiger partial charge in [0.25, 0.3) is 5.69 Å². The molecule has 8 nitrogen and oxygen atoms in total. The summed E-state index contributed by atoms with van der Waals surface area (Å²) in [7, 11) is 0. The number of carbonyl (C=O) groups excluding carboxylic acids is 1. The number of halogens is 2. The van der Waals surface area contributed by atoms with Gasteiger partial charge in [-0.3, -0.25) is 14.9 Å². The van der Waals surface area contributed by atoms with Crippen LogP contribution in [0.25, 0.3) is 0 Å². The van der Waals surface area contributed by atoms with Crippen LogP contribution in [-0.2, 0) is 10.3 Å². The summed E-state index contributed by atoms with van der Waals surface area (Å²) in [5.74, 6) is 0.813. The van der Waals surface area contributed by atoms with Crippen molar-refractivity contribution < 1.29 is 9.72 Å². The van der Waals surface area contributed by atoms with Gasteiger partial charge in [0.2, 0.25) is 11.2 Å². The van der Waals surface area contributed by atoms with Gasteiger partial charge in [-0.1, -0.05) is 11.6 Å². The van der Waals surface area contributed by atoms with E-state index in [1.807, 2.05) is 4.68 Å². The van der Waals surface area contributed by atoms with Crippen LogP contribution in [-0.4, -0.2) is 25.6 Å². The molecule has 10 heteroatoms. The van der Waals surface area contributed by atoms with Gasteiger partial charge in [0.1, 0.15) is 11.3 Å². The van der Waals surface area contributed by atoms with Crippen LogP contribution in [0.2, 0.25) is 10.3 Å². The standard InChI is InChI=1S/C19H19Cl2N5O3/c20-14-2-1-13(4-15(14)26(28)29)23-16(27)18-5-11-3-12(6-18)8-19(7-11,9-18)25-10-22-17(21)24-25/h1-2,4,10-12H,3,5-9H2,(H,23,27). The van der Waals surface area contributed by atoms with Crippen molar-refractivity contribution in [3.8, 4) is 0 Å². The van der Waals surface area contributed by atoms with Crippen molar-refractivity contribution in [2.75, 3.05) is 5.32 Å². The molecule has 2 unspecified atom stereocenters. The van der Waals surface area contributed by atoms with E-state index in [4.69, 9.17) is 23.2 Å². The number of anilines is 1. The summed E-state index contributed by atoms with van der Waals surface area (Å²) in [6.45, 7) is 0. The minimum absolute atomic E-state index is 0.0461. The number of nitro benzene ring substituents is 1. The smallest absolute Gasteiger partial charge is 0.289 e. The molecule has 1 aromatic carbocycles. The molecule has 0 aliphatic heterocycles. The number of aromatic nitrogens is 3. The molecule has 4 saturated carbocycles. The highest BCUT2D eigenvalue weighted by molar-refractivity contribution is 6.32. The molecule has 2 aromatic rings. The maximum Gasteiger partial charge on any atom is 0.289 e. The second kappa shape index (κ2) is 6.40. The number of benzene rings is 1. The Labute approximate surface area is 176 Å². The SMILES string of the molecule is O=C(Nc1ccc(Cl)c([N+](=O)[O-])c1)C12CC3CC(C1)CC(n1cnc(Cl)n1)(C3)C2. The van der Waals surface area contributed by atoms with E-state index in [2.05, 4.69) is 15.4 Å². The Bertz CT molecular complexity index is 1010. The highest BCUT2D eigenvalue weighted by Crippen LogP contribution is 2.64. The average Bonchev–Trinajstić information content (AvgIpc) is 3.09. The largest absolute Gasteiger partial charge is 0.325 e. The van der Waals surface area contributed by atoms with Crippen LogP contribution >= 0.6 is 23.2 Å². The van der Waals surface area contributed by atoms with E-state index < -0.39 is 10.3 Å². The molecule has 0 saturated heterocycles. The van der Waals surface area contributed by atoms with Gasteiger partial charge in [-0.05, 0) is 74.1 Å². The van der Waals surface area contributed by atoms with Gasteiger partial charge in [-0.25, -0.2) is 9.67 Å². The van der Waals surface area contributed by atoms with Gasteiger partial charge in [-0.2, -0.15) is 0 Å². The lowest BCUT2D eigenvalue weighted by molar-refractivity contribution is -0.384. The average molecular weight is 436 g/mol. The first kappa shape index (κ1) is 18.8. The van der Waals surface area contributed by atoms with Crippen molar-refractivity contribution in [3.63, 3.8) is 0 Å². The Morgan fingerprint density at radius 2 is 1.97 bits per heavy atom. The molecule has 2 atom stereocenters. The summed E-state index contributed by atoms with van der Waals surface area (Å²) in [6, 6.07) is 4.35. The number of rotatable bonds is 4. The van der Waals surface area contributed by atoms with Crippen molar-refractivity contribution in [1.29, 1.82) is 0 Å². The lowest BCUT2D eigenvalue weighted by Crippen LogP contribution is -2.60. The molecule has 4 bridgehead atoms. The van der Waals surface area contributed by atoms with Crippen LogP contribution < -0.4 is 5.32 Å². The third kappa shape index (κ3) is 3.00. The van der Waals surface area contributed by atoms with Crippen molar-refractivity contribution in [2.45, 2.75) is 44.1 Å². The predicted octanol–water partition coefficient (Wildman–Crippen LogP) is 4.43. The Hall–Kier alpha value is -2.19. The second-order valence-corrected chi connectivity index (χ2v) is 9.55. The molecule has 1 aromatic heterocycles. The minimum Gasteiger partial charge on any atom is -0.325 e. The zero-order valence-electron chi connectivity index (χ0n) is 15.5. The molecule has 4 aliphatic carbocycles. The molecule has 1 heterocycles. The molecule has 152 valence electrons. The number of nitrogens with zero attached hydrogens (tertiary/aromatic N) is 4. The zero-order chi connectivity index (χ0) is 20.4. The third-order valence-corrected chi connectivity index (χ3v) is 7.36. The Balaban J connectivity index is 1.45. The number of nitro groups is 1. The number of nitrogens with one attached hydrogen (secondary N) is 1. The van der Waals surface area contributed by atoms with Crippen molar-refractivity contribution >= 4 is 40.5 Å². The summed E-state index contributed by atoms with van der Waals surface area (Å²) < 4.78 is 1.86. The maximum atomic E-state index is 13.4. The first-order valence-corrected chi connectivity index (χ1v) is 10.4. The van der Waals surface area contributed by atoms with Crippen molar-refractivity contribution in [3.05, 3.63) is 44.9 Å². The van der Waals surface area contributed by atoms with E-state index in [9.17, 15) is 14.9 Å². The molecule has 1 amide bonds. The predicted molar refractivity (Wildman–Crippen MR) is 107 cm³/mol. The topological polar surface area (TPSA) is 103 Å². The monoisotopic (exact) mass is 435 g/mol. The number of amides is 1. The van der Waals surface area contributed by atoms with E-state index in [-0.39, 0.29) is 27.4 Å². The summed E-state index contributed by atoms with van der Waals surface area (Å²) in [5, 5.41) is 18.7. The zero-order valence-corrected chi connectivity index (χ0v) is 17.0. The van der Waals surface area contributed by atoms with Crippen molar-refractivity contribution in [1.82, 2.24) is 14.8 Å². The van der Waals surface area contributed by atoms with Crippen LogP contribution in [0.4, 0.5) is 11.4 Å². The summed E-state index contributed by atoms with van der Waals surface area (Å²) in [4.78, 5) is 28.1. The highest BCUT2D eigenvalue weighted by atomic mass is 35.5. The fourth-order valence-electron chi connectivity index (χ4n) is 6.21. The van der Waals surface area contributed by atoms with Crippen LogP contribution in [0.1, 0.15) is 38.5 Å². The molecule has 29 heavy (non-hydrogen) atoms. The molecule has 0 radical (unpaired) electrons. The number of carbonyl (C=O) groups is 1. The van der Waals surface area contributed by atoms with Gasteiger partial charge in [0, 0.05) is 11.8 Å². The highest BCUT2D eigenvalue weighted by Gasteiger charge is 2.61. The molecule has 4 aliphatic rings. The summed E-state index contributed by atoms with van der Waals surface area (Å²) in [5.41, 5.74) is -0.590. The molecule has 4 fully saturated rings. The van der Waals surface area contributed by atoms with E-state index in [0.29, 0.717) is 23.9 Å². The van der Waals surface area contributed by atoms with Crippen LogP contribution in [0.5, 0.6) is 0 Å². The van der Waals surface area contributed by atoms with E-state index >= 15 is 0 Å². The molecule has 0 spiro atoms. The van der Waals surface area contributed by atoms with Crippen LogP contribution in [0.3, 0.4) is 0 Å². The van der Waals surface area contributed by atoms with Gasteiger partial charge in [0.15, 0.2) is 0 Å². The lowest BCUT2D eigenvalue weighted by atomic mass is 9.46. The number of hydrogen-bond donors (Lipinski definition) is 1. The van der Waals surface area contributed by atoms with Gasteiger partial charge < -0.3 is 5.32 Å². The molecule has 6 rings (SSSR count). The summed E-state index contributed by atoms with van der Waals surface area (Å²) >= 11 is 11.9. The normalized spacial score (nSPS) is 32.3. The Morgan fingerprint density at radius 3 is 2.59 bits per heavy atom. The second-order valence-electron chi connectivity index (χ2n) is 8.80. The van der Waals surface area contributed by atoms with E-state index in [0.717, 1.165) is 32.1 Å². The van der Waals surface area contributed by atoms with Gasteiger partial charge >= 0.3 is 0 Å². The number of hydrogen-bond acceptors (Lipinski definition) is 5. The van der Waals surface area contributed by atoms with Gasteiger partial charge in [-0.15, -0.1) is 5.10 Å². The van der Waals surface area contributed by atoms with Crippen LogP contribution in [0.15, 0.2) is 24.5 Å². The molecular weight excluding hydrogens is 417 g/mol. The molecule has 1 N–H and O–H groups in total. The quantitative estimate of drug-likeness (QED) is 0.564. The lowest BCUT2D eigenvalue weighted by Gasteiger charge is -2.60. The van der Waals surface area contributed by atoms with Crippen LogP contribution in [0, 0.1) is 27.4 Å². The van der Waals surface area contributed by atoms with Gasteiger partial charge in [0.05, 0.1) is 15.9 Å².